The number of fused-ring (bicyclic) bond motifs is 1. The summed E-state index contributed by atoms with van der Waals surface area (Å²) in [5, 5.41) is 10.5. The standard InChI is InChI=1S/C22H22N6O/c1-15(29)26-17-6-8-18(9-7-17)27-22-24-13-11-21(28-22)23-12-10-16-14-25-20-5-3-2-4-19(16)20/h2-9,11,13-14,25H,10,12H2,1H3,(H,26,29)(H2,23,24,27,28). The zero-order valence-corrected chi connectivity index (χ0v) is 16.1. The van der Waals surface area contributed by atoms with Crippen molar-refractivity contribution >= 4 is 40.0 Å². The Kier molecular flexibility index (Phi) is 5.38. The van der Waals surface area contributed by atoms with Gasteiger partial charge in [0.2, 0.25) is 11.9 Å². The molecule has 0 saturated heterocycles. The summed E-state index contributed by atoms with van der Waals surface area (Å²) >= 11 is 0. The summed E-state index contributed by atoms with van der Waals surface area (Å²) in [6, 6.07) is 17.5. The SMILES string of the molecule is CC(=O)Nc1ccc(Nc2nccc(NCCc3c[nH]c4ccccc34)n2)cc1. The van der Waals surface area contributed by atoms with Crippen LogP contribution in [0.15, 0.2) is 67.0 Å². The van der Waals surface area contributed by atoms with Crippen LogP contribution in [0.5, 0.6) is 0 Å². The number of rotatable bonds is 7. The molecule has 0 bridgehead atoms. The van der Waals surface area contributed by atoms with Crippen molar-refractivity contribution in [2.24, 2.45) is 0 Å². The zero-order valence-electron chi connectivity index (χ0n) is 16.1. The second-order valence-corrected chi connectivity index (χ2v) is 6.69. The van der Waals surface area contributed by atoms with E-state index in [2.05, 4.69) is 55.3 Å². The molecule has 4 aromatic rings. The normalized spacial score (nSPS) is 10.7. The number of anilines is 4. The third-order valence-corrected chi connectivity index (χ3v) is 4.49. The molecule has 0 aliphatic rings. The van der Waals surface area contributed by atoms with Crippen LogP contribution in [0.3, 0.4) is 0 Å². The first-order valence-corrected chi connectivity index (χ1v) is 9.44. The molecule has 0 aliphatic carbocycles. The monoisotopic (exact) mass is 386 g/mol. The van der Waals surface area contributed by atoms with Crippen LogP contribution in [0.25, 0.3) is 10.9 Å². The van der Waals surface area contributed by atoms with Gasteiger partial charge in [-0.15, -0.1) is 0 Å². The zero-order chi connectivity index (χ0) is 20.1. The van der Waals surface area contributed by atoms with Gasteiger partial charge in [-0.3, -0.25) is 4.79 Å². The fraction of sp³-hybridized carbons (Fsp3) is 0.136. The van der Waals surface area contributed by atoms with Gasteiger partial charge in [0.1, 0.15) is 5.82 Å². The molecule has 0 radical (unpaired) electrons. The molecule has 2 heterocycles. The van der Waals surface area contributed by atoms with Gasteiger partial charge < -0.3 is 20.9 Å². The molecular formula is C22H22N6O. The summed E-state index contributed by atoms with van der Waals surface area (Å²) in [6.45, 7) is 2.25. The van der Waals surface area contributed by atoms with Crippen LogP contribution in [0.1, 0.15) is 12.5 Å². The third kappa shape index (κ3) is 4.70. The molecule has 4 rings (SSSR count). The van der Waals surface area contributed by atoms with Gasteiger partial charge in [-0.25, -0.2) is 4.98 Å². The largest absolute Gasteiger partial charge is 0.370 e. The Balaban J connectivity index is 1.35. The maximum absolute atomic E-state index is 11.1. The highest BCUT2D eigenvalue weighted by molar-refractivity contribution is 5.88. The molecule has 0 spiro atoms. The Morgan fingerprint density at radius 2 is 1.83 bits per heavy atom. The number of carbonyl (C=O) groups is 1. The Morgan fingerprint density at radius 3 is 2.66 bits per heavy atom. The number of carbonyl (C=O) groups excluding carboxylic acids is 1. The Hall–Kier alpha value is -3.87. The molecule has 2 aromatic heterocycles. The molecule has 2 aromatic carbocycles. The smallest absolute Gasteiger partial charge is 0.229 e. The maximum atomic E-state index is 11.1. The average molecular weight is 386 g/mol. The van der Waals surface area contributed by atoms with Crippen LogP contribution >= 0.6 is 0 Å². The van der Waals surface area contributed by atoms with Crippen molar-refractivity contribution < 1.29 is 4.79 Å². The lowest BCUT2D eigenvalue weighted by atomic mass is 10.1. The molecule has 1 amide bonds. The molecule has 0 atom stereocenters. The minimum atomic E-state index is -0.0968. The van der Waals surface area contributed by atoms with Crippen molar-refractivity contribution in [3.8, 4) is 0 Å². The van der Waals surface area contributed by atoms with E-state index in [-0.39, 0.29) is 5.91 Å². The van der Waals surface area contributed by atoms with Crippen molar-refractivity contribution in [1.82, 2.24) is 15.0 Å². The molecule has 29 heavy (non-hydrogen) atoms. The van der Waals surface area contributed by atoms with Crippen molar-refractivity contribution in [3.05, 3.63) is 72.6 Å². The maximum Gasteiger partial charge on any atom is 0.229 e. The fourth-order valence-electron chi connectivity index (χ4n) is 3.15. The first kappa shape index (κ1) is 18.5. The number of benzene rings is 2. The van der Waals surface area contributed by atoms with Crippen LogP contribution in [0.4, 0.5) is 23.1 Å². The number of nitrogens with zero attached hydrogens (tertiary/aromatic N) is 2. The fourth-order valence-corrected chi connectivity index (χ4v) is 3.15. The van der Waals surface area contributed by atoms with E-state index in [0.29, 0.717) is 5.95 Å². The highest BCUT2D eigenvalue weighted by Gasteiger charge is 2.04. The van der Waals surface area contributed by atoms with E-state index in [1.54, 1.807) is 6.20 Å². The minimum Gasteiger partial charge on any atom is -0.370 e. The summed E-state index contributed by atoms with van der Waals surface area (Å²) in [6.07, 6.45) is 4.67. The number of aromatic amines is 1. The topological polar surface area (TPSA) is 94.7 Å². The van der Waals surface area contributed by atoms with Gasteiger partial charge in [0, 0.05) is 48.1 Å². The number of hydrogen-bond acceptors (Lipinski definition) is 5. The van der Waals surface area contributed by atoms with Gasteiger partial charge in [-0.05, 0) is 48.4 Å². The predicted octanol–water partition coefficient (Wildman–Crippen LogP) is 4.31. The van der Waals surface area contributed by atoms with E-state index in [9.17, 15) is 4.79 Å². The molecule has 7 heteroatoms. The van der Waals surface area contributed by atoms with Gasteiger partial charge >= 0.3 is 0 Å². The molecule has 0 saturated carbocycles. The van der Waals surface area contributed by atoms with Crippen molar-refractivity contribution in [3.63, 3.8) is 0 Å². The van der Waals surface area contributed by atoms with E-state index in [1.807, 2.05) is 36.4 Å². The van der Waals surface area contributed by atoms with E-state index in [0.717, 1.165) is 35.7 Å². The Bertz CT molecular complexity index is 1120. The molecule has 7 nitrogen and oxygen atoms in total. The van der Waals surface area contributed by atoms with Crippen LogP contribution in [0.2, 0.25) is 0 Å². The van der Waals surface area contributed by atoms with Crippen LogP contribution < -0.4 is 16.0 Å². The van der Waals surface area contributed by atoms with Crippen LogP contribution in [-0.2, 0) is 11.2 Å². The Labute approximate surface area is 168 Å². The van der Waals surface area contributed by atoms with Crippen molar-refractivity contribution in [2.45, 2.75) is 13.3 Å². The second-order valence-electron chi connectivity index (χ2n) is 6.69. The lowest BCUT2D eigenvalue weighted by Gasteiger charge is -2.09. The summed E-state index contributed by atoms with van der Waals surface area (Å²) in [5.41, 5.74) is 4.02. The lowest BCUT2D eigenvalue weighted by Crippen LogP contribution is -2.08. The quantitative estimate of drug-likeness (QED) is 0.380. The molecular weight excluding hydrogens is 364 g/mol. The van der Waals surface area contributed by atoms with Gasteiger partial charge in [0.05, 0.1) is 0 Å². The van der Waals surface area contributed by atoms with E-state index >= 15 is 0 Å². The number of H-pyrrole nitrogens is 1. The minimum absolute atomic E-state index is 0.0968. The second kappa shape index (κ2) is 8.43. The van der Waals surface area contributed by atoms with Crippen molar-refractivity contribution in [2.75, 3.05) is 22.5 Å². The number of nitrogens with one attached hydrogen (secondary N) is 4. The first-order chi connectivity index (χ1) is 14.2. The third-order valence-electron chi connectivity index (χ3n) is 4.49. The summed E-state index contributed by atoms with van der Waals surface area (Å²) in [4.78, 5) is 23.2. The van der Waals surface area contributed by atoms with Crippen molar-refractivity contribution in [1.29, 1.82) is 0 Å². The summed E-state index contributed by atoms with van der Waals surface area (Å²) in [5.74, 6) is 1.17. The molecule has 0 unspecified atom stereocenters. The lowest BCUT2D eigenvalue weighted by molar-refractivity contribution is -0.114. The molecule has 0 aliphatic heterocycles. The van der Waals surface area contributed by atoms with E-state index in [4.69, 9.17) is 0 Å². The number of hydrogen-bond donors (Lipinski definition) is 4. The molecule has 4 N–H and O–H groups in total. The highest BCUT2D eigenvalue weighted by Crippen LogP contribution is 2.19. The number of para-hydroxylation sites is 1. The predicted molar refractivity (Wildman–Crippen MR) is 117 cm³/mol. The van der Waals surface area contributed by atoms with Gasteiger partial charge in [0.25, 0.3) is 0 Å². The summed E-state index contributed by atoms with van der Waals surface area (Å²) in [7, 11) is 0. The Morgan fingerprint density at radius 1 is 1.03 bits per heavy atom. The van der Waals surface area contributed by atoms with Crippen LogP contribution in [0, 0.1) is 0 Å². The van der Waals surface area contributed by atoms with Crippen LogP contribution in [-0.4, -0.2) is 27.4 Å². The van der Waals surface area contributed by atoms with Gasteiger partial charge in [-0.2, -0.15) is 4.98 Å². The van der Waals surface area contributed by atoms with E-state index < -0.39 is 0 Å². The highest BCUT2D eigenvalue weighted by atomic mass is 16.1. The van der Waals surface area contributed by atoms with Gasteiger partial charge in [-0.1, -0.05) is 18.2 Å². The first-order valence-electron chi connectivity index (χ1n) is 9.44. The van der Waals surface area contributed by atoms with E-state index in [1.165, 1.54) is 17.9 Å². The average Bonchev–Trinajstić information content (AvgIpc) is 3.13. The molecule has 0 fully saturated rings. The summed E-state index contributed by atoms with van der Waals surface area (Å²) < 4.78 is 0. The molecule has 146 valence electrons. The number of amides is 1. The van der Waals surface area contributed by atoms with Gasteiger partial charge in [0.15, 0.2) is 0 Å². The number of aromatic nitrogens is 3.